The van der Waals surface area contributed by atoms with E-state index >= 15 is 0 Å². The Morgan fingerprint density at radius 3 is 2.67 bits per heavy atom. The van der Waals surface area contributed by atoms with Gasteiger partial charge in [-0.15, -0.1) is 0 Å². The molecule has 1 aromatic rings. The lowest BCUT2D eigenvalue weighted by molar-refractivity contribution is 0.111. The Balaban J connectivity index is 2.79. The van der Waals surface area contributed by atoms with Gasteiger partial charge in [0.05, 0.1) is 0 Å². The normalized spacial score (nSPS) is 9.83. The lowest BCUT2D eigenvalue weighted by Gasteiger charge is -2.14. The lowest BCUT2D eigenvalue weighted by Crippen LogP contribution is -2.22. The Morgan fingerprint density at radius 2 is 2.25 bits per heavy atom. The molecule has 1 rings (SSSR count). The molecule has 0 atom stereocenters. The van der Waals surface area contributed by atoms with Gasteiger partial charge in [-0.05, 0) is 13.8 Å². The maximum atomic E-state index is 10.3. The molecule has 0 saturated carbocycles. The maximum absolute atomic E-state index is 10.3. The molecule has 0 amide bonds. The molecule has 0 aliphatic carbocycles. The first kappa shape index (κ1) is 8.77. The van der Waals surface area contributed by atoms with Crippen molar-refractivity contribution in [3.63, 3.8) is 0 Å². The van der Waals surface area contributed by atoms with E-state index in [1.165, 1.54) is 6.26 Å². The monoisotopic (exact) mass is 168 g/mol. The van der Waals surface area contributed by atoms with Crippen LogP contribution in [0.1, 0.15) is 24.3 Å². The number of aromatic nitrogens is 1. The van der Waals surface area contributed by atoms with E-state index in [-0.39, 0.29) is 0 Å². The van der Waals surface area contributed by atoms with Gasteiger partial charge in [0.1, 0.15) is 12.0 Å². The first-order chi connectivity index (χ1) is 5.81. The molecule has 0 fully saturated rings. The summed E-state index contributed by atoms with van der Waals surface area (Å²) in [6.07, 6.45) is 2.04. The van der Waals surface area contributed by atoms with E-state index in [0.29, 0.717) is 18.0 Å². The third-order valence-electron chi connectivity index (χ3n) is 1.66. The molecule has 0 aromatic carbocycles. The van der Waals surface area contributed by atoms with Crippen LogP contribution in [-0.4, -0.2) is 24.4 Å². The van der Waals surface area contributed by atoms with Gasteiger partial charge in [-0.2, -0.15) is 4.98 Å². The fraction of sp³-hybridized carbons (Fsp3) is 0.500. The van der Waals surface area contributed by atoms with Crippen LogP contribution in [0, 0.1) is 0 Å². The molecule has 0 radical (unpaired) electrons. The molecular formula is C8H12N2O2. The van der Waals surface area contributed by atoms with E-state index in [2.05, 4.69) is 4.98 Å². The van der Waals surface area contributed by atoms with E-state index in [1.54, 1.807) is 0 Å². The van der Waals surface area contributed by atoms with E-state index < -0.39 is 0 Å². The van der Waals surface area contributed by atoms with Gasteiger partial charge in [0.25, 0.3) is 6.01 Å². The number of anilines is 1. The number of oxazole rings is 1. The molecule has 0 aliphatic rings. The third kappa shape index (κ3) is 1.64. The van der Waals surface area contributed by atoms with Crippen molar-refractivity contribution in [2.75, 3.05) is 18.0 Å². The first-order valence-corrected chi connectivity index (χ1v) is 3.97. The highest BCUT2D eigenvalue weighted by molar-refractivity contribution is 5.71. The zero-order chi connectivity index (χ0) is 8.97. The highest BCUT2D eigenvalue weighted by Crippen LogP contribution is 2.11. The number of carbonyl (C=O) groups excluding carboxylic acids is 1. The summed E-state index contributed by atoms with van der Waals surface area (Å²) in [5, 5.41) is 0. The second-order valence-corrected chi connectivity index (χ2v) is 2.35. The van der Waals surface area contributed by atoms with E-state index in [9.17, 15) is 4.79 Å². The minimum absolute atomic E-state index is 0.344. The fourth-order valence-corrected chi connectivity index (χ4v) is 0.970. The molecule has 0 bridgehead atoms. The largest absolute Gasteiger partial charge is 0.431 e. The summed E-state index contributed by atoms with van der Waals surface area (Å²) in [6.45, 7) is 5.67. The Kier molecular flexibility index (Phi) is 2.85. The first-order valence-electron chi connectivity index (χ1n) is 3.97. The second-order valence-electron chi connectivity index (χ2n) is 2.35. The molecule has 0 N–H and O–H groups in total. The van der Waals surface area contributed by atoms with Crippen LogP contribution < -0.4 is 4.90 Å². The van der Waals surface area contributed by atoms with Gasteiger partial charge in [0, 0.05) is 13.1 Å². The summed E-state index contributed by atoms with van der Waals surface area (Å²) in [7, 11) is 0. The molecule has 0 spiro atoms. The molecule has 1 heterocycles. The van der Waals surface area contributed by atoms with Crippen LogP contribution in [0.2, 0.25) is 0 Å². The number of rotatable bonds is 4. The molecule has 1 aromatic heterocycles. The highest BCUT2D eigenvalue weighted by atomic mass is 16.4. The molecule has 0 aliphatic heterocycles. The predicted octanol–water partition coefficient (Wildman–Crippen LogP) is 1.33. The molecular weight excluding hydrogens is 156 g/mol. The van der Waals surface area contributed by atoms with Crippen LogP contribution >= 0.6 is 0 Å². The highest BCUT2D eigenvalue weighted by Gasteiger charge is 2.08. The van der Waals surface area contributed by atoms with Crippen molar-refractivity contribution < 1.29 is 9.21 Å². The summed E-state index contributed by atoms with van der Waals surface area (Å²) in [5.41, 5.74) is 0.344. The van der Waals surface area contributed by atoms with Crippen molar-refractivity contribution in [3.8, 4) is 0 Å². The van der Waals surface area contributed by atoms with Crippen LogP contribution in [0.4, 0.5) is 6.01 Å². The molecule has 66 valence electrons. The van der Waals surface area contributed by atoms with Crippen molar-refractivity contribution in [2.24, 2.45) is 0 Å². The SMILES string of the molecule is CCN(CC)c1nc(C=O)co1. The van der Waals surface area contributed by atoms with Crippen molar-refractivity contribution in [3.05, 3.63) is 12.0 Å². The lowest BCUT2D eigenvalue weighted by atomic mass is 10.5. The number of aldehydes is 1. The Morgan fingerprint density at radius 1 is 1.58 bits per heavy atom. The van der Waals surface area contributed by atoms with E-state index in [1.807, 2.05) is 18.7 Å². The van der Waals surface area contributed by atoms with Gasteiger partial charge < -0.3 is 9.32 Å². The smallest absolute Gasteiger partial charge is 0.297 e. The summed E-state index contributed by atoms with van der Waals surface area (Å²) in [4.78, 5) is 16.2. The number of nitrogens with zero attached hydrogens (tertiary/aromatic N) is 2. The topological polar surface area (TPSA) is 46.3 Å². The van der Waals surface area contributed by atoms with E-state index in [0.717, 1.165) is 13.1 Å². The number of hydrogen-bond acceptors (Lipinski definition) is 4. The number of carbonyl (C=O) groups is 1. The fourth-order valence-electron chi connectivity index (χ4n) is 0.970. The molecule has 0 unspecified atom stereocenters. The maximum Gasteiger partial charge on any atom is 0.297 e. The van der Waals surface area contributed by atoms with Gasteiger partial charge in [-0.3, -0.25) is 4.79 Å². The van der Waals surface area contributed by atoms with Gasteiger partial charge in [0.15, 0.2) is 6.29 Å². The van der Waals surface area contributed by atoms with Crippen LogP contribution in [0.3, 0.4) is 0 Å². The van der Waals surface area contributed by atoms with Crippen LogP contribution in [-0.2, 0) is 0 Å². The molecule has 4 nitrogen and oxygen atoms in total. The van der Waals surface area contributed by atoms with Crippen molar-refractivity contribution >= 4 is 12.3 Å². The van der Waals surface area contributed by atoms with Crippen LogP contribution in [0.15, 0.2) is 10.7 Å². The third-order valence-corrected chi connectivity index (χ3v) is 1.66. The molecule has 0 saturated heterocycles. The van der Waals surface area contributed by atoms with Crippen molar-refractivity contribution in [1.82, 2.24) is 4.98 Å². The number of hydrogen-bond donors (Lipinski definition) is 0. The zero-order valence-electron chi connectivity index (χ0n) is 7.28. The Hall–Kier alpha value is -1.32. The van der Waals surface area contributed by atoms with Crippen molar-refractivity contribution in [1.29, 1.82) is 0 Å². The zero-order valence-corrected chi connectivity index (χ0v) is 7.28. The van der Waals surface area contributed by atoms with Crippen molar-refractivity contribution in [2.45, 2.75) is 13.8 Å². The standard InChI is InChI=1S/C8H12N2O2/c1-3-10(4-2)8-9-7(5-11)6-12-8/h5-6H,3-4H2,1-2H3. The predicted molar refractivity (Wildman–Crippen MR) is 45.5 cm³/mol. The quantitative estimate of drug-likeness (QED) is 0.636. The van der Waals surface area contributed by atoms with Crippen LogP contribution in [0.25, 0.3) is 0 Å². The summed E-state index contributed by atoms with van der Waals surface area (Å²) >= 11 is 0. The summed E-state index contributed by atoms with van der Waals surface area (Å²) < 4.78 is 5.08. The Bertz CT molecular complexity index is 253. The molecule has 12 heavy (non-hydrogen) atoms. The Labute approximate surface area is 71.2 Å². The summed E-state index contributed by atoms with van der Waals surface area (Å²) in [6, 6.07) is 0.516. The average Bonchev–Trinajstić information content (AvgIpc) is 2.55. The minimum atomic E-state index is 0.344. The van der Waals surface area contributed by atoms with Crippen LogP contribution in [0.5, 0.6) is 0 Å². The minimum Gasteiger partial charge on any atom is -0.431 e. The second kappa shape index (κ2) is 3.90. The van der Waals surface area contributed by atoms with Gasteiger partial charge in [-0.1, -0.05) is 0 Å². The van der Waals surface area contributed by atoms with Gasteiger partial charge in [-0.25, -0.2) is 0 Å². The van der Waals surface area contributed by atoms with Gasteiger partial charge >= 0.3 is 0 Å². The van der Waals surface area contributed by atoms with E-state index in [4.69, 9.17) is 4.42 Å². The van der Waals surface area contributed by atoms with Gasteiger partial charge in [0.2, 0.25) is 0 Å². The average molecular weight is 168 g/mol. The molecule has 4 heteroatoms. The summed E-state index contributed by atoms with van der Waals surface area (Å²) in [5.74, 6) is 0.